The number of rotatable bonds is 13. The van der Waals surface area contributed by atoms with Crippen molar-refractivity contribution in [2.45, 2.75) is 76.7 Å². The Bertz CT molecular complexity index is 1980. The number of benzene rings is 3. The minimum Gasteiger partial charge on any atom is -0.444 e. The number of amides is 2. The summed E-state index contributed by atoms with van der Waals surface area (Å²) in [6.45, 7) is 7.90. The monoisotopic (exact) mass is 743 g/mol. The third kappa shape index (κ3) is 10.6. The van der Waals surface area contributed by atoms with Crippen LogP contribution >= 0.6 is 0 Å². The van der Waals surface area contributed by atoms with Crippen LogP contribution < -0.4 is 10.6 Å². The summed E-state index contributed by atoms with van der Waals surface area (Å²) in [7, 11) is -0.602. The molecule has 1 aromatic heterocycles. The average Bonchev–Trinajstić information content (AvgIpc) is 3.66. The molecular formula is C39H49N7O6S. The first-order valence-corrected chi connectivity index (χ1v) is 19.3. The quantitative estimate of drug-likeness (QED) is 0.144. The molecule has 1 aliphatic rings. The predicted molar refractivity (Wildman–Crippen MR) is 202 cm³/mol. The van der Waals surface area contributed by atoms with Gasteiger partial charge in [-0.3, -0.25) is 9.59 Å². The number of H-pyrrole nitrogens is 1. The molecule has 13 nitrogen and oxygen atoms in total. The zero-order valence-electron chi connectivity index (χ0n) is 31.2. The topological polar surface area (TPSA) is 176 Å². The lowest BCUT2D eigenvalue weighted by Crippen LogP contribution is -2.37. The van der Waals surface area contributed by atoms with E-state index in [2.05, 4.69) is 31.3 Å². The molecule has 0 spiro atoms. The molecule has 0 radical (unpaired) electrons. The molecule has 282 valence electrons. The molecule has 5 rings (SSSR count). The van der Waals surface area contributed by atoms with Crippen molar-refractivity contribution in [3.63, 3.8) is 0 Å². The van der Waals surface area contributed by atoms with E-state index in [1.54, 1.807) is 42.5 Å². The molecule has 0 aliphatic heterocycles. The predicted octanol–water partition coefficient (Wildman–Crippen LogP) is 6.18. The van der Waals surface area contributed by atoms with E-state index < -0.39 is 27.6 Å². The molecule has 1 fully saturated rings. The highest BCUT2D eigenvalue weighted by Gasteiger charge is 2.31. The number of hydrogen-bond donors (Lipinski definition) is 3. The van der Waals surface area contributed by atoms with Gasteiger partial charge >= 0.3 is 6.09 Å². The van der Waals surface area contributed by atoms with Crippen molar-refractivity contribution in [1.29, 1.82) is 0 Å². The maximum atomic E-state index is 13.9. The van der Waals surface area contributed by atoms with Gasteiger partial charge in [0.2, 0.25) is 21.8 Å². The maximum absolute atomic E-state index is 13.9. The van der Waals surface area contributed by atoms with Gasteiger partial charge in [-0.05, 0) is 130 Å². The van der Waals surface area contributed by atoms with Crippen LogP contribution in [0.4, 0.5) is 10.5 Å². The van der Waals surface area contributed by atoms with Gasteiger partial charge < -0.3 is 15.4 Å². The number of Topliss-reactive ketones (excluding diaryl/α,β-unsaturated/α-hetero) is 1. The Hall–Kier alpha value is -4.95. The molecule has 0 unspecified atom stereocenters. The molecule has 3 N–H and O–H groups in total. The molecule has 1 aliphatic carbocycles. The Morgan fingerprint density at radius 2 is 1.60 bits per heavy atom. The zero-order chi connectivity index (χ0) is 38.3. The maximum Gasteiger partial charge on any atom is 0.407 e. The zero-order valence-corrected chi connectivity index (χ0v) is 32.0. The van der Waals surface area contributed by atoms with Crippen molar-refractivity contribution in [3.8, 4) is 22.5 Å². The normalized spacial score (nSPS) is 16.9. The average molecular weight is 744 g/mol. The van der Waals surface area contributed by atoms with E-state index in [9.17, 15) is 22.8 Å². The molecule has 53 heavy (non-hydrogen) atoms. The summed E-state index contributed by atoms with van der Waals surface area (Å²) in [4.78, 5) is 39.9. The highest BCUT2D eigenvalue weighted by Crippen LogP contribution is 2.32. The fraction of sp³-hybridized carbons (Fsp3) is 0.436. The van der Waals surface area contributed by atoms with Crippen molar-refractivity contribution in [1.82, 2.24) is 30.2 Å². The van der Waals surface area contributed by atoms with E-state index in [-0.39, 0.29) is 34.8 Å². The van der Waals surface area contributed by atoms with Crippen molar-refractivity contribution in [3.05, 3.63) is 77.9 Å². The van der Waals surface area contributed by atoms with Crippen molar-refractivity contribution >= 4 is 33.5 Å². The fourth-order valence-corrected chi connectivity index (χ4v) is 7.45. The molecule has 4 aromatic rings. The van der Waals surface area contributed by atoms with Crippen LogP contribution in [0.2, 0.25) is 0 Å². The lowest BCUT2D eigenvalue weighted by atomic mass is 9.77. The number of nitrogens with one attached hydrogen (secondary N) is 3. The van der Waals surface area contributed by atoms with Crippen LogP contribution in [0.5, 0.6) is 0 Å². The van der Waals surface area contributed by atoms with Gasteiger partial charge in [0.15, 0.2) is 0 Å². The number of carbonyl (C=O) groups excluding carboxylic acids is 3. The summed E-state index contributed by atoms with van der Waals surface area (Å²) in [6.07, 6.45) is 2.97. The number of aromatic amines is 1. The van der Waals surface area contributed by atoms with Crippen LogP contribution in [0.25, 0.3) is 22.5 Å². The van der Waals surface area contributed by atoms with Gasteiger partial charge in [-0.1, -0.05) is 30.3 Å². The lowest BCUT2D eigenvalue weighted by Gasteiger charge is -2.29. The number of aryl methyl sites for hydroxylation is 1. The Morgan fingerprint density at radius 3 is 2.21 bits per heavy atom. The molecule has 14 heteroatoms. The summed E-state index contributed by atoms with van der Waals surface area (Å²) in [5.41, 5.74) is 4.19. The largest absolute Gasteiger partial charge is 0.444 e. The van der Waals surface area contributed by atoms with E-state index >= 15 is 0 Å². The molecule has 0 bridgehead atoms. The van der Waals surface area contributed by atoms with Gasteiger partial charge in [0.1, 0.15) is 11.4 Å². The number of alkyl carbamates (subject to hydrolysis) is 1. The second-order valence-electron chi connectivity index (χ2n) is 14.9. The number of hydrogen-bond acceptors (Lipinski definition) is 9. The van der Waals surface area contributed by atoms with Gasteiger partial charge in [0, 0.05) is 50.1 Å². The van der Waals surface area contributed by atoms with E-state index in [0.717, 1.165) is 40.7 Å². The minimum atomic E-state index is -3.61. The molecule has 1 atom stereocenters. The standard InChI is InChI=1S/C39H49N7O6S/c1-25-7-20-33(53(50,51)46(5)6)23-34(25)28-12-8-26(9-13-28)21-31(37(48)41-32-18-16-30(17-19-32)36-42-44-45-43-36)22-35(47)29-14-10-27(11-15-29)24-40-38(49)52-39(2,3)4/h7-9,12-13,16-20,23,27,29,31H,10-11,14-15,21-22,24H2,1-6H3,(H,40,49)(H,41,48)(H,42,43,44,45)/t27?,29?,31-/m1/s1. The number of nitrogens with zero attached hydrogens (tertiary/aromatic N) is 4. The first-order valence-electron chi connectivity index (χ1n) is 17.9. The number of ether oxygens (including phenoxy) is 1. The van der Waals surface area contributed by atoms with Crippen LogP contribution in [0.3, 0.4) is 0 Å². The first kappa shape index (κ1) is 39.3. The Morgan fingerprint density at radius 1 is 0.943 bits per heavy atom. The lowest BCUT2D eigenvalue weighted by molar-refractivity contribution is -0.129. The van der Waals surface area contributed by atoms with Crippen molar-refractivity contribution < 1.29 is 27.5 Å². The van der Waals surface area contributed by atoms with Crippen LogP contribution in [-0.2, 0) is 30.8 Å². The Balaban J connectivity index is 1.28. The van der Waals surface area contributed by atoms with E-state index in [4.69, 9.17) is 4.74 Å². The third-order valence-corrected chi connectivity index (χ3v) is 11.4. The smallest absolute Gasteiger partial charge is 0.407 e. The van der Waals surface area contributed by atoms with E-state index in [1.807, 2.05) is 52.0 Å². The van der Waals surface area contributed by atoms with E-state index in [1.165, 1.54) is 18.4 Å². The van der Waals surface area contributed by atoms with Crippen LogP contribution in [-0.4, -0.2) is 77.4 Å². The number of aromatic nitrogens is 4. The number of sulfonamides is 1. The molecular weight excluding hydrogens is 695 g/mol. The SMILES string of the molecule is Cc1ccc(S(=O)(=O)N(C)C)cc1-c1ccc(C[C@H](CC(=O)C2CCC(CNC(=O)OC(C)(C)C)CC2)C(=O)Nc2ccc(-c3nn[nH]n3)cc2)cc1. The van der Waals surface area contributed by atoms with Gasteiger partial charge in [-0.2, -0.15) is 5.21 Å². The van der Waals surface area contributed by atoms with Gasteiger partial charge in [-0.25, -0.2) is 17.5 Å². The van der Waals surface area contributed by atoms with Gasteiger partial charge in [0.05, 0.1) is 4.90 Å². The minimum absolute atomic E-state index is 0.0577. The summed E-state index contributed by atoms with van der Waals surface area (Å²) in [5.74, 6) is -0.302. The summed E-state index contributed by atoms with van der Waals surface area (Å²) < 4.78 is 32.2. The summed E-state index contributed by atoms with van der Waals surface area (Å²) in [5, 5.41) is 19.9. The number of ketones is 1. The Labute approximate surface area is 311 Å². The van der Waals surface area contributed by atoms with Crippen molar-refractivity contribution in [2.75, 3.05) is 26.0 Å². The van der Waals surface area contributed by atoms with Gasteiger partial charge in [-0.15, -0.1) is 10.2 Å². The number of carbonyl (C=O) groups is 3. The third-order valence-electron chi connectivity index (χ3n) is 9.55. The van der Waals surface area contributed by atoms with Crippen molar-refractivity contribution in [2.24, 2.45) is 17.8 Å². The highest BCUT2D eigenvalue weighted by atomic mass is 32.2. The second kappa shape index (κ2) is 16.8. The Kier molecular flexibility index (Phi) is 12.4. The molecule has 3 aromatic carbocycles. The highest BCUT2D eigenvalue weighted by molar-refractivity contribution is 7.89. The van der Waals surface area contributed by atoms with Crippen LogP contribution in [0, 0.1) is 24.7 Å². The number of anilines is 1. The van der Waals surface area contributed by atoms with Crippen LogP contribution in [0.15, 0.2) is 71.6 Å². The second-order valence-corrected chi connectivity index (χ2v) is 17.1. The summed E-state index contributed by atoms with van der Waals surface area (Å²) >= 11 is 0. The molecule has 2 amide bonds. The fourth-order valence-electron chi connectivity index (χ4n) is 6.52. The number of tetrazole rings is 1. The molecule has 0 saturated heterocycles. The first-order chi connectivity index (χ1) is 25.1. The van der Waals surface area contributed by atoms with Gasteiger partial charge in [0.25, 0.3) is 0 Å². The molecule has 1 heterocycles. The van der Waals surface area contributed by atoms with Crippen LogP contribution in [0.1, 0.15) is 64.0 Å². The van der Waals surface area contributed by atoms with E-state index in [0.29, 0.717) is 37.3 Å². The summed E-state index contributed by atoms with van der Waals surface area (Å²) in [6, 6.07) is 19.9. The molecule has 1 saturated carbocycles.